The number of fused-ring (bicyclic) bond motifs is 1. The van der Waals surface area contributed by atoms with Gasteiger partial charge in [0.05, 0.1) is 31.6 Å². The van der Waals surface area contributed by atoms with Crippen LogP contribution in [0.4, 0.5) is 0 Å². The number of aliphatic hydroxyl groups excluding tert-OH is 1. The van der Waals surface area contributed by atoms with Crippen molar-refractivity contribution >= 4 is 0 Å². The van der Waals surface area contributed by atoms with Crippen molar-refractivity contribution in [3.05, 3.63) is 35.7 Å². The third kappa shape index (κ3) is 3.02. The average Bonchev–Trinajstić information content (AvgIpc) is 3.22. The van der Waals surface area contributed by atoms with Gasteiger partial charge in [0.2, 0.25) is 5.89 Å². The maximum atomic E-state index is 9.97. The topological polar surface area (TPSA) is 68.0 Å². The van der Waals surface area contributed by atoms with E-state index in [9.17, 15) is 5.11 Å². The SMILES string of the molecule is COc1ccccc1-c1nc(CN2C[C@@H]3COCC[C@]3(CO)C2)c(C)o1. The van der Waals surface area contributed by atoms with E-state index in [1.165, 1.54) is 0 Å². The first-order chi connectivity index (χ1) is 12.6. The summed E-state index contributed by atoms with van der Waals surface area (Å²) in [6.07, 6.45) is 0.926. The molecule has 2 fully saturated rings. The van der Waals surface area contributed by atoms with Crippen LogP contribution in [0.15, 0.2) is 28.7 Å². The number of aryl methyl sites for hydroxylation is 1. The van der Waals surface area contributed by atoms with Gasteiger partial charge in [-0.3, -0.25) is 4.90 Å². The zero-order valence-electron chi connectivity index (χ0n) is 15.4. The summed E-state index contributed by atoms with van der Waals surface area (Å²) in [5, 5.41) is 9.97. The van der Waals surface area contributed by atoms with E-state index >= 15 is 0 Å². The maximum Gasteiger partial charge on any atom is 0.230 e. The number of nitrogens with zero attached hydrogens (tertiary/aromatic N) is 2. The Hall–Kier alpha value is -1.89. The Morgan fingerprint density at radius 1 is 1.38 bits per heavy atom. The number of methoxy groups -OCH3 is 1. The van der Waals surface area contributed by atoms with Crippen molar-refractivity contribution in [2.45, 2.75) is 19.9 Å². The normalized spacial score (nSPS) is 26.0. The van der Waals surface area contributed by atoms with Crippen LogP contribution >= 0.6 is 0 Å². The minimum atomic E-state index is -0.0264. The Labute approximate surface area is 153 Å². The van der Waals surface area contributed by atoms with Gasteiger partial charge in [-0.15, -0.1) is 0 Å². The predicted octanol–water partition coefficient (Wildman–Crippen LogP) is 2.49. The zero-order valence-corrected chi connectivity index (χ0v) is 15.4. The van der Waals surface area contributed by atoms with E-state index in [0.29, 0.717) is 11.8 Å². The van der Waals surface area contributed by atoms with Gasteiger partial charge in [-0.1, -0.05) is 12.1 Å². The van der Waals surface area contributed by atoms with E-state index in [-0.39, 0.29) is 12.0 Å². The van der Waals surface area contributed by atoms with Gasteiger partial charge in [-0.05, 0) is 25.5 Å². The highest BCUT2D eigenvalue weighted by molar-refractivity contribution is 5.62. The van der Waals surface area contributed by atoms with Gasteiger partial charge in [0.25, 0.3) is 0 Å². The Kier molecular flexibility index (Phi) is 4.73. The summed E-state index contributed by atoms with van der Waals surface area (Å²) in [6, 6.07) is 7.75. The molecule has 2 aliphatic heterocycles. The third-order valence-electron chi connectivity index (χ3n) is 5.86. The Morgan fingerprint density at radius 3 is 3.00 bits per heavy atom. The van der Waals surface area contributed by atoms with Crippen molar-refractivity contribution in [3.63, 3.8) is 0 Å². The first kappa shape index (κ1) is 17.5. The van der Waals surface area contributed by atoms with E-state index in [4.69, 9.17) is 18.9 Å². The van der Waals surface area contributed by atoms with Gasteiger partial charge in [-0.25, -0.2) is 4.98 Å². The van der Waals surface area contributed by atoms with Crippen LogP contribution in [-0.4, -0.2) is 55.0 Å². The molecule has 0 aliphatic carbocycles. The van der Waals surface area contributed by atoms with Gasteiger partial charge in [0.15, 0.2) is 0 Å². The van der Waals surface area contributed by atoms with E-state index < -0.39 is 0 Å². The first-order valence-corrected chi connectivity index (χ1v) is 9.16. The summed E-state index contributed by atoms with van der Waals surface area (Å²) in [7, 11) is 1.65. The molecule has 2 atom stereocenters. The fourth-order valence-corrected chi connectivity index (χ4v) is 4.26. The summed E-state index contributed by atoms with van der Waals surface area (Å²) >= 11 is 0. The van der Waals surface area contributed by atoms with Crippen molar-refractivity contribution in [1.82, 2.24) is 9.88 Å². The number of para-hydroxylation sites is 1. The van der Waals surface area contributed by atoms with E-state index in [2.05, 4.69) is 4.90 Å². The maximum absolute atomic E-state index is 9.97. The molecule has 0 spiro atoms. The second-order valence-electron chi connectivity index (χ2n) is 7.43. The molecule has 2 aliphatic rings. The average molecular weight is 358 g/mol. The quantitative estimate of drug-likeness (QED) is 0.886. The predicted molar refractivity (Wildman–Crippen MR) is 96.9 cm³/mol. The molecular weight excluding hydrogens is 332 g/mol. The number of hydrogen-bond acceptors (Lipinski definition) is 6. The lowest BCUT2D eigenvalue weighted by molar-refractivity contribution is -0.0417. The van der Waals surface area contributed by atoms with E-state index in [1.807, 2.05) is 31.2 Å². The number of hydrogen-bond donors (Lipinski definition) is 1. The number of oxazole rings is 1. The molecule has 2 aromatic rings. The van der Waals surface area contributed by atoms with Gasteiger partial charge in [0, 0.05) is 37.6 Å². The van der Waals surface area contributed by atoms with Crippen LogP contribution < -0.4 is 4.74 Å². The third-order valence-corrected chi connectivity index (χ3v) is 5.86. The number of rotatable bonds is 5. The Morgan fingerprint density at radius 2 is 2.23 bits per heavy atom. The second-order valence-corrected chi connectivity index (χ2v) is 7.43. The largest absolute Gasteiger partial charge is 0.496 e. The lowest BCUT2D eigenvalue weighted by Gasteiger charge is -2.36. The Balaban J connectivity index is 1.54. The lowest BCUT2D eigenvalue weighted by atomic mass is 9.75. The van der Waals surface area contributed by atoms with Crippen LogP contribution in [0, 0.1) is 18.3 Å². The smallest absolute Gasteiger partial charge is 0.230 e. The number of aliphatic hydroxyl groups is 1. The first-order valence-electron chi connectivity index (χ1n) is 9.16. The van der Waals surface area contributed by atoms with Crippen LogP contribution in [-0.2, 0) is 11.3 Å². The molecule has 0 radical (unpaired) electrons. The Bertz CT molecular complexity index is 775. The fraction of sp³-hybridized carbons (Fsp3) is 0.550. The molecule has 0 amide bonds. The van der Waals surface area contributed by atoms with Crippen LogP contribution in [0.25, 0.3) is 11.5 Å². The van der Waals surface area contributed by atoms with Crippen LogP contribution in [0.5, 0.6) is 5.75 Å². The number of benzene rings is 1. The highest BCUT2D eigenvalue weighted by Crippen LogP contribution is 2.42. The minimum Gasteiger partial charge on any atom is -0.496 e. The summed E-state index contributed by atoms with van der Waals surface area (Å²) in [5.41, 5.74) is 1.78. The minimum absolute atomic E-state index is 0.0264. The highest BCUT2D eigenvalue weighted by Gasteiger charge is 2.47. The van der Waals surface area contributed by atoms with E-state index in [0.717, 1.165) is 62.0 Å². The summed E-state index contributed by atoms with van der Waals surface area (Å²) < 4.78 is 17.0. The molecule has 4 rings (SSSR count). The van der Waals surface area contributed by atoms with Crippen molar-refractivity contribution in [2.24, 2.45) is 11.3 Å². The molecule has 6 nitrogen and oxygen atoms in total. The molecule has 6 heteroatoms. The second kappa shape index (κ2) is 7.02. The van der Waals surface area contributed by atoms with Crippen molar-refractivity contribution in [1.29, 1.82) is 0 Å². The molecule has 0 unspecified atom stereocenters. The molecule has 2 saturated heterocycles. The number of aromatic nitrogens is 1. The standard InChI is InChI=1S/C20H26N2O4/c1-14-17(21-19(26-14)16-5-3-4-6-18(16)24-2)10-22-9-15-11-25-8-7-20(15,12-22)13-23/h3-6,15,23H,7-13H2,1-2H3/t15-,20-/m1/s1. The molecule has 3 heterocycles. The molecule has 1 aromatic carbocycles. The summed E-state index contributed by atoms with van der Waals surface area (Å²) in [4.78, 5) is 7.10. The van der Waals surface area contributed by atoms with E-state index in [1.54, 1.807) is 7.11 Å². The summed E-state index contributed by atoms with van der Waals surface area (Å²) in [6.45, 7) is 6.19. The van der Waals surface area contributed by atoms with Crippen LogP contribution in [0.2, 0.25) is 0 Å². The monoisotopic (exact) mass is 358 g/mol. The fourth-order valence-electron chi connectivity index (χ4n) is 4.26. The number of likely N-dealkylation sites (tertiary alicyclic amines) is 1. The molecule has 26 heavy (non-hydrogen) atoms. The molecule has 0 bridgehead atoms. The van der Waals surface area contributed by atoms with Crippen LogP contribution in [0.3, 0.4) is 0 Å². The molecular formula is C20H26N2O4. The van der Waals surface area contributed by atoms with Gasteiger partial charge in [0.1, 0.15) is 11.5 Å². The molecule has 140 valence electrons. The molecule has 0 saturated carbocycles. The van der Waals surface area contributed by atoms with Crippen molar-refractivity contribution in [3.8, 4) is 17.2 Å². The highest BCUT2D eigenvalue weighted by atomic mass is 16.5. The van der Waals surface area contributed by atoms with Crippen molar-refractivity contribution < 1.29 is 19.0 Å². The van der Waals surface area contributed by atoms with Crippen LogP contribution in [0.1, 0.15) is 17.9 Å². The lowest BCUT2D eigenvalue weighted by Crippen LogP contribution is -2.41. The zero-order chi connectivity index (χ0) is 18.1. The van der Waals surface area contributed by atoms with Gasteiger partial charge >= 0.3 is 0 Å². The van der Waals surface area contributed by atoms with Crippen molar-refractivity contribution in [2.75, 3.05) is 40.0 Å². The number of ether oxygens (including phenoxy) is 2. The summed E-state index contributed by atoms with van der Waals surface area (Å²) in [5.74, 6) is 2.56. The molecule has 1 aromatic heterocycles. The molecule has 1 N–H and O–H groups in total. The van der Waals surface area contributed by atoms with Gasteiger partial charge < -0.3 is 19.0 Å². The van der Waals surface area contributed by atoms with Gasteiger partial charge in [-0.2, -0.15) is 0 Å².